The van der Waals surface area contributed by atoms with Crippen molar-refractivity contribution >= 4 is 39.3 Å². The van der Waals surface area contributed by atoms with Gasteiger partial charge in [-0.2, -0.15) is 0 Å². The van der Waals surface area contributed by atoms with Crippen molar-refractivity contribution in [1.29, 1.82) is 0 Å². The Labute approximate surface area is 111 Å². The molecule has 7 heteroatoms. The molecule has 0 fully saturated rings. The molecule has 0 aliphatic carbocycles. The van der Waals surface area contributed by atoms with Crippen molar-refractivity contribution in [3.8, 4) is 0 Å². The van der Waals surface area contributed by atoms with Crippen LogP contribution in [0.1, 0.15) is 0 Å². The molecule has 0 N–H and O–H groups in total. The number of ether oxygens (including phenoxy) is 1. The number of nitro groups is 1. The molecule has 1 atom stereocenters. The van der Waals surface area contributed by atoms with Gasteiger partial charge in [0.25, 0.3) is 5.69 Å². The van der Waals surface area contributed by atoms with E-state index in [1.807, 2.05) is 0 Å². The van der Waals surface area contributed by atoms with E-state index in [0.717, 1.165) is 4.90 Å². The van der Waals surface area contributed by atoms with Gasteiger partial charge in [-0.3, -0.25) is 14.9 Å². The number of carbonyl (C=O) groups is 1. The molecule has 1 aromatic rings. The molecule has 0 aliphatic heterocycles. The molecule has 0 saturated heterocycles. The summed E-state index contributed by atoms with van der Waals surface area (Å²) >= 11 is 4.62. The first kappa shape index (κ1) is 14.0. The number of methoxy groups -OCH3 is 1. The van der Waals surface area contributed by atoms with Crippen molar-refractivity contribution in [2.45, 2.75) is 9.72 Å². The fraction of sp³-hybridized carbons (Fsp3) is 0.300. The van der Waals surface area contributed by atoms with Gasteiger partial charge >= 0.3 is 5.97 Å². The average molecular weight is 320 g/mol. The number of benzene rings is 1. The lowest BCUT2D eigenvalue weighted by Gasteiger charge is -2.06. The summed E-state index contributed by atoms with van der Waals surface area (Å²) in [6.45, 7) is 0. The average Bonchev–Trinajstić information content (AvgIpc) is 2.35. The van der Waals surface area contributed by atoms with Gasteiger partial charge in [0, 0.05) is 22.8 Å². The lowest BCUT2D eigenvalue weighted by atomic mass is 10.3. The number of rotatable bonds is 5. The summed E-state index contributed by atoms with van der Waals surface area (Å²) in [6.07, 6.45) is 0. The second-order valence-corrected chi connectivity index (χ2v) is 5.25. The summed E-state index contributed by atoms with van der Waals surface area (Å²) in [5.74, 6) is 0.171. The van der Waals surface area contributed by atoms with Gasteiger partial charge in [0.05, 0.1) is 12.0 Å². The van der Waals surface area contributed by atoms with E-state index in [9.17, 15) is 14.9 Å². The summed E-state index contributed by atoms with van der Waals surface area (Å²) in [5, 5.41) is 10.4. The van der Waals surface area contributed by atoms with Crippen molar-refractivity contribution in [1.82, 2.24) is 0 Å². The number of alkyl halides is 1. The molecule has 0 heterocycles. The van der Waals surface area contributed by atoms with E-state index in [1.165, 1.54) is 31.0 Å². The Morgan fingerprint density at radius 2 is 2.12 bits per heavy atom. The zero-order valence-corrected chi connectivity index (χ0v) is 11.4. The first-order valence-corrected chi connectivity index (χ1v) is 6.54. The highest BCUT2D eigenvalue weighted by atomic mass is 79.9. The number of nitrogens with zero attached hydrogens (tertiary/aromatic N) is 1. The Kier molecular flexibility index (Phi) is 5.43. The molecule has 0 aliphatic rings. The Morgan fingerprint density at radius 3 is 2.59 bits per heavy atom. The highest BCUT2D eigenvalue weighted by Crippen LogP contribution is 2.23. The van der Waals surface area contributed by atoms with Gasteiger partial charge in [-0.1, -0.05) is 15.9 Å². The second-order valence-electron chi connectivity index (χ2n) is 3.05. The minimum Gasteiger partial charge on any atom is -0.468 e. The number of thioether (sulfide) groups is 1. The number of non-ortho nitro benzene ring substituents is 1. The molecule has 0 bridgehead atoms. The van der Waals surface area contributed by atoms with Crippen LogP contribution in [0.15, 0.2) is 29.2 Å². The maximum atomic E-state index is 11.1. The van der Waals surface area contributed by atoms with E-state index in [-0.39, 0.29) is 16.5 Å². The minimum absolute atomic E-state index is 0.0534. The topological polar surface area (TPSA) is 69.4 Å². The lowest BCUT2D eigenvalue weighted by Crippen LogP contribution is -2.17. The van der Waals surface area contributed by atoms with Crippen LogP contribution in [0.3, 0.4) is 0 Å². The number of nitro benzene ring substituents is 1. The molecular formula is C10H10BrNO4S. The third-order valence-electron chi connectivity index (χ3n) is 1.90. The van der Waals surface area contributed by atoms with Crippen LogP contribution in [-0.2, 0) is 9.53 Å². The molecule has 1 aromatic carbocycles. The molecule has 0 aromatic heterocycles. The SMILES string of the molecule is COC(=O)C(Br)CSc1ccc([N+](=O)[O-])cc1. The van der Waals surface area contributed by atoms with Gasteiger partial charge < -0.3 is 4.74 Å². The molecule has 0 saturated carbocycles. The van der Waals surface area contributed by atoms with Crippen LogP contribution in [0.25, 0.3) is 0 Å². The van der Waals surface area contributed by atoms with Crippen LogP contribution in [0.5, 0.6) is 0 Å². The second kappa shape index (κ2) is 6.61. The van der Waals surface area contributed by atoms with E-state index < -0.39 is 4.92 Å². The largest absolute Gasteiger partial charge is 0.468 e. The van der Waals surface area contributed by atoms with E-state index in [2.05, 4.69) is 20.7 Å². The van der Waals surface area contributed by atoms with Crippen molar-refractivity contribution in [2.24, 2.45) is 0 Å². The number of hydrogen-bond donors (Lipinski definition) is 0. The van der Waals surface area contributed by atoms with Crippen molar-refractivity contribution < 1.29 is 14.5 Å². The van der Waals surface area contributed by atoms with Crippen LogP contribution in [0.4, 0.5) is 5.69 Å². The molecule has 0 spiro atoms. The van der Waals surface area contributed by atoms with Crippen LogP contribution in [0, 0.1) is 10.1 Å². The zero-order valence-electron chi connectivity index (χ0n) is 8.96. The predicted octanol–water partition coefficient (Wildman–Crippen LogP) is 2.62. The monoisotopic (exact) mass is 319 g/mol. The Hall–Kier alpha value is -1.08. The molecule has 1 unspecified atom stereocenters. The Bertz CT molecular complexity index is 409. The van der Waals surface area contributed by atoms with Gasteiger partial charge in [0.1, 0.15) is 4.83 Å². The van der Waals surface area contributed by atoms with E-state index in [1.54, 1.807) is 12.1 Å². The number of esters is 1. The summed E-state index contributed by atoms with van der Waals surface area (Å²) in [5.41, 5.74) is 0.0534. The Morgan fingerprint density at radius 1 is 1.53 bits per heavy atom. The van der Waals surface area contributed by atoms with E-state index >= 15 is 0 Å². The molecule has 17 heavy (non-hydrogen) atoms. The van der Waals surface area contributed by atoms with E-state index in [0.29, 0.717) is 5.75 Å². The maximum absolute atomic E-state index is 11.1. The third kappa shape index (κ3) is 4.35. The Balaban J connectivity index is 2.53. The molecule has 5 nitrogen and oxygen atoms in total. The fourth-order valence-electron chi connectivity index (χ4n) is 1.03. The molecule has 0 radical (unpaired) electrons. The first-order valence-electron chi connectivity index (χ1n) is 4.63. The number of halogens is 1. The quantitative estimate of drug-likeness (QED) is 0.274. The highest BCUT2D eigenvalue weighted by Gasteiger charge is 2.15. The predicted molar refractivity (Wildman–Crippen MR) is 68.6 cm³/mol. The van der Waals surface area contributed by atoms with E-state index in [4.69, 9.17) is 0 Å². The standard InChI is InChI=1S/C10H10BrNO4S/c1-16-10(13)9(11)6-17-8-4-2-7(3-5-8)12(14)15/h2-5,9H,6H2,1H3. The van der Waals surface area contributed by atoms with Crippen LogP contribution in [0.2, 0.25) is 0 Å². The molecule has 1 rings (SSSR count). The minimum atomic E-state index is -0.448. The summed E-state index contributed by atoms with van der Waals surface area (Å²) in [4.78, 5) is 21.6. The fourth-order valence-corrected chi connectivity index (χ4v) is 2.42. The summed E-state index contributed by atoms with van der Waals surface area (Å²) in [6, 6.07) is 6.17. The molecular weight excluding hydrogens is 310 g/mol. The lowest BCUT2D eigenvalue weighted by molar-refractivity contribution is -0.384. The van der Waals surface area contributed by atoms with Crippen LogP contribution >= 0.6 is 27.7 Å². The van der Waals surface area contributed by atoms with Gasteiger partial charge in [0.15, 0.2) is 0 Å². The summed E-state index contributed by atoms with van der Waals surface area (Å²) < 4.78 is 4.56. The van der Waals surface area contributed by atoms with Crippen LogP contribution < -0.4 is 0 Å². The van der Waals surface area contributed by atoms with Gasteiger partial charge in [-0.05, 0) is 12.1 Å². The number of hydrogen-bond acceptors (Lipinski definition) is 5. The molecule has 0 amide bonds. The smallest absolute Gasteiger partial charge is 0.320 e. The normalized spacial score (nSPS) is 11.9. The van der Waals surface area contributed by atoms with Gasteiger partial charge in [-0.25, -0.2) is 0 Å². The zero-order chi connectivity index (χ0) is 12.8. The number of carbonyl (C=O) groups excluding carboxylic acids is 1. The van der Waals surface area contributed by atoms with Gasteiger partial charge in [0.2, 0.25) is 0 Å². The van der Waals surface area contributed by atoms with Crippen molar-refractivity contribution in [3.05, 3.63) is 34.4 Å². The highest BCUT2D eigenvalue weighted by molar-refractivity contribution is 9.10. The van der Waals surface area contributed by atoms with Crippen LogP contribution in [-0.4, -0.2) is 28.6 Å². The van der Waals surface area contributed by atoms with Crippen molar-refractivity contribution in [3.63, 3.8) is 0 Å². The van der Waals surface area contributed by atoms with Crippen molar-refractivity contribution in [2.75, 3.05) is 12.9 Å². The first-order chi connectivity index (χ1) is 8.04. The molecule has 92 valence electrons. The summed E-state index contributed by atoms with van der Waals surface area (Å²) in [7, 11) is 1.33. The van der Waals surface area contributed by atoms with Gasteiger partial charge in [-0.15, -0.1) is 11.8 Å². The third-order valence-corrected chi connectivity index (χ3v) is 4.13. The maximum Gasteiger partial charge on any atom is 0.320 e.